The highest BCUT2D eigenvalue weighted by atomic mass is 19.4. The van der Waals surface area contributed by atoms with Crippen LogP contribution in [0.2, 0.25) is 0 Å². The van der Waals surface area contributed by atoms with Crippen LogP contribution < -0.4 is 11.1 Å². The topological polar surface area (TPSA) is 68.2 Å². The molecule has 0 bridgehead atoms. The number of para-hydroxylation sites is 1. The van der Waals surface area contributed by atoms with Gasteiger partial charge in [-0.25, -0.2) is 4.98 Å². The van der Waals surface area contributed by atoms with E-state index in [0.29, 0.717) is 17.2 Å². The van der Waals surface area contributed by atoms with E-state index in [9.17, 15) is 13.2 Å². The summed E-state index contributed by atoms with van der Waals surface area (Å²) in [5.41, 5.74) is 6.30. The summed E-state index contributed by atoms with van der Waals surface area (Å²) in [5.74, 6) is 1.06. The van der Waals surface area contributed by atoms with Crippen LogP contribution in [0.5, 0.6) is 0 Å². The lowest BCUT2D eigenvalue weighted by molar-refractivity contribution is -0.137. The SMILES string of the molecule is CC(Nc1nc2nccn2c2ccccc12)c1cc(N)cc(C(F)(F)F)c1. The van der Waals surface area contributed by atoms with Crippen molar-refractivity contribution in [2.24, 2.45) is 0 Å². The molecule has 0 saturated heterocycles. The fourth-order valence-electron chi connectivity index (χ4n) is 3.10. The first-order valence-electron chi connectivity index (χ1n) is 8.29. The molecule has 0 spiro atoms. The Balaban J connectivity index is 1.77. The maximum Gasteiger partial charge on any atom is 0.416 e. The molecule has 3 N–H and O–H groups in total. The van der Waals surface area contributed by atoms with Gasteiger partial charge in [0.25, 0.3) is 0 Å². The van der Waals surface area contributed by atoms with Crippen LogP contribution in [0.25, 0.3) is 16.7 Å². The van der Waals surface area contributed by atoms with E-state index in [1.807, 2.05) is 34.9 Å². The summed E-state index contributed by atoms with van der Waals surface area (Å²) in [4.78, 5) is 8.72. The van der Waals surface area contributed by atoms with Crippen LogP contribution in [0.15, 0.2) is 54.9 Å². The number of nitrogens with two attached hydrogens (primary N) is 1. The van der Waals surface area contributed by atoms with E-state index in [1.54, 1.807) is 13.1 Å². The molecule has 1 atom stereocenters. The van der Waals surface area contributed by atoms with Crippen LogP contribution >= 0.6 is 0 Å². The van der Waals surface area contributed by atoms with Crippen molar-refractivity contribution in [1.82, 2.24) is 14.4 Å². The molecule has 27 heavy (non-hydrogen) atoms. The first kappa shape index (κ1) is 17.1. The number of halogens is 3. The van der Waals surface area contributed by atoms with E-state index >= 15 is 0 Å². The summed E-state index contributed by atoms with van der Waals surface area (Å²) in [6.45, 7) is 1.77. The molecule has 138 valence electrons. The molecular formula is C19H16F3N5. The molecule has 5 nitrogen and oxygen atoms in total. The van der Waals surface area contributed by atoms with Crippen molar-refractivity contribution in [2.75, 3.05) is 11.1 Å². The van der Waals surface area contributed by atoms with Crippen molar-refractivity contribution >= 4 is 28.2 Å². The van der Waals surface area contributed by atoms with Gasteiger partial charge in [0, 0.05) is 23.5 Å². The Morgan fingerprint density at radius 1 is 1.15 bits per heavy atom. The van der Waals surface area contributed by atoms with Gasteiger partial charge in [0.05, 0.1) is 17.1 Å². The number of nitrogen functional groups attached to an aromatic ring is 1. The van der Waals surface area contributed by atoms with Gasteiger partial charge in [-0.05, 0) is 42.8 Å². The lowest BCUT2D eigenvalue weighted by atomic mass is 10.0. The molecular weight excluding hydrogens is 355 g/mol. The summed E-state index contributed by atoms with van der Waals surface area (Å²) >= 11 is 0. The van der Waals surface area contributed by atoms with Gasteiger partial charge in [-0.15, -0.1) is 0 Å². The molecule has 0 aliphatic carbocycles. The number of nitrogens with one attached hydrogen (secondary N) is 1. The first-order chi connectivity index (χ1) is 12.8. The molecule has 2 aromatic carbocycles. The van der Waals surface area contributed by atoms with E-state index in [-0.39, 0.29) is 5.69 Å². The van der Waals surface area contributed by atoms with Gasteiger partial charge in [0.2, 0.25) is 5.78 Å². The van der Waals surface area contributed by atoms with Gasteiger partial charge in [-0.1, -0.05) is 12.1 Å². The van der Waals surface area contributed by atoms with Crippen LogP contribution in [0.4, 0.5) is 24.7 Å². The van der Waals surface area contributed by atoms with E-state index < -0.39 is 17.8 Å². The molecule has 0 aliphatic heterocycles. The zero-order valence-electron chi connectivity index (χ0n) is 14.3. The van der Waals surface area contributed by atoms with Crippen molar-refractivity contribution in [3.8, 4) is 0 Å². The third kappa shape index (κ3) is 3.14. The Hall–Kier alpha value is -3.29. The molecule has 2 aromatic heterocycles. The third-order valence-corrected chi connectivity index (χ3v) is 4.41. The van der Waals surface area contributed by atoms with Gasteiger partial charge in [-0.2, -0.15) is 18.2 Å². The van der Waals surface area contributed by atoms with Gasteiger partial charge >= 0.3 is 6.18 Å². The monoisotopic (exact) mass is 371 g/mol. The number of imidazole rings is 1. The zero-order chi connectivity index (χ0) is 19.2. The minimum atomic E-state index is -4.45. The third-order valence-electron chi connectivity index (χ3n) is 4.41. The molecule has 1 unspecified atom stereocenters. The predicted molar refractivity (Wildman–Crippen MR) is 98.4 cm³/mol. The number of hydrogen-bond donors (Lipinski definition) is 2. The van der Waals surface area contributed by atoms with E-state index in [4.69, 9.17) is 5.73 Å². The second kappa shape index (κ2) is 6.15. The fraction of sp³-hybridized carbons (Fsp3) is 0.158. The number of nitrogens with zero attached hydrogens (tertiary/aromatic N) is 3. The molecule has 8 heteroatoms. The Morgan fingerprint density at radius 3 is 2.70 bits per heavy atom. The number of benzene rings is 2. The number of alkyl halides is 3. The molecule has 4 aromatic rings. The number of fused-ring (bicyclic) bond motifs is 3. The highest BCUT2D eigenvalue weighted by Gasteiger charge is 2.31. The van der Waals surface area contributed by atoms with Crippen molar-refractivity contribution < 1.29 is 13.2 Å². The van der Waals surface area contributed by atoms with E-state index in [0.717, 1.165) is 23.0 Å². The normalized spacial score (nSPS) is 13.2. The fourth-order valence-corrected chi connectivity index (χ4v) is 3.10. The smallest absolute Gasteiger partial charge is 0.399 e. The second-order valence-electron chi connectivity index (χ2n) is 6.33. The standard InChI is InChI=1S/C19H16F3N5/c1-11(12-8-13(19(20,21)22)10-14(23)9-12)25-17-15-4-2-3-5-16(15)27-7-6-24-18(27)26-17/h2-11H,23H2,1H3,(H,24,25,26). The minimum absolute atomic E-state index is 0.0648. The van der Waals surface area contributed by atoms with Gasteiger partial charge in [0.15, 0.2) is 0 Å². The maximum absolute atomic E-state index is 13.1. The molecule has 4 rings (SSSR count). The maximum atomic E-state index is 13.1. The lowest BCUT2D eigenvalue weighted by Gasteiger charge is -2.19. The van der Waals surface area contributed by atoms with Crippen molar-refractivity contribution in [3.63, 3.8) is 0 Å². The Kier molecular flexibility index (Phi) is 3.91. The Morgan fingerprint density at radius 2 is 1.93 bits per heavy atom. The van der Waals surface area contributed by atoms with Crippen LogP contribution in [0, 0.1) is 0 Å². The predicted octanol–water partition coefficient (Wildman–Crippen LogP) is 4.66. The molecule has 0 amide bonds. The zero-order valence-corrected chi connectivity index (χ0v) is 14.3. The highest BCUT2D eigenvalue weighted by Crippen LogP contribution is 2.34. The van der Waals surface area contributed by atoms with Crippen molar-refractivity contribution in [1.29, 1.82) is 0 Å². The quantitative estimate of drug-likeness (QED) is 0.514. The van der Waals surface area contributed by atoms with E-state index in [2.05, 4.69) is 15.3 Å². The molecule has 0 saturated carbocycles. The summed E-state index contributed by atoms with van der Waals surface area (Å²) in [5, 5.41) is 4.04. The van der Waals surface area contributed by atoms with Gasteiger partial charge in [0.1, 0.15) is 5.82 Å². The summed E-state index contributed by atoms with van der Waals surface area (Å²) < 4.78 is 41.1. The van der Waals surface area contributed by atoms with Gasteiger partial charge < -0.3 is 11.1 Å². The van der Waals surface area contributed by atoms with Crippen molar-refractivity contribution in [2.45, 2.75) is 19.1 Å². The lowest BCUT2D eigenvalue weighted by Crippen LogP contribution is -2.12. The van der Waals surface area contributed by atoms with Crippen LogP contribution in [0.3, 0.4) is 0 Å². The van der Waals surface area contributed by atoms with Crippen LogP contribution in [-0.4, -0.2) is 14.4 Å². The summed E-state index contributed by atoms with van der Waals surface area (Å²) in [6, 6.07) is 10.7. The largest absolute Gasteiger partial charge is 0.416 e. The Labute approximate surface area is 152 Å². The number of aromatic nitrogens is 3. The van der Waals surface area contributed by atoms with Gasteiger partial charge in [-0.3, -0.25) is 4.40 Å². The highest BCUT2D eigenvalue weighted by molar-refractivity contribution is 5.91. The molecule has 2 heterocycles. The molecule has 0 aliphatic rings. The minimum Gasteiger partial charge on any atom is -0.399 e. The summed E-state index contributed by atoms with van der Waals surface area (Å²) in [7, 11) is 0. The van der Waals surface area contributed by atoms with Crippen LogP contribution in [0.1, 0.15) is 24.1 Å². The van der Waals surface area contributed by atoms with Crippen molar-refractivity contribution in [3.05, 3.63) is 66.0 Å². The average molecular weight is 371 g/mol. The number of hydrogen-bond acceptors (Lipinski definition) is 4. The number of rotatable bonds is 3. The van der Waals surface area contributed by atoms with Crippen LogP contribution in [-0.2, 0) is 6.18 Å². The second-order valence-corrected chi connectivity index (χ2v) is 6.33. The molecule has 0 radical (unpaired) electrons. The molecule has 0 fully saturated rings. The average Bonchev–Trinajstić information content (AvgIpc) is 3.09. The Bertz CT molecular complexity index is 1130. The first-order valence-corrected chi connectivity index (χ1v) is 8.29. The number of anilines is 2. The summed E-state index contributed by atoms with van der Waals surface area (Å²) in [6.07, 6.45) is -0.996. The van der Waals surface area contributed by atoms with E-state index in [1.165, 1.54) is 6.07 Å².